The Kier molecular flexibility index (Phi) is 3.52. The van der Waals surface area contributed by atoms with E-state index in [1.54, 1.807) is 6.20 Å². The van der Waals surface area contributed by atoms with Gasteiger partial charge in [0.15, 0.2) is 0 Å². The number of aromatic nitrogens is 2. The van der Waals surface area contributed by atoms with E-state index in [4.69, 9.17) is 22.1 Å². The molecular weight excluding hydrogens is 226 g/mol. The van der Waals surface area contributed by atoms with Gasteiger partial charge >= 0.3 is 0 Å². The molecule has 90 valence electrons. The first-order chi connectivity index (χ1) is 7.61. The first-order valence-corrected chi connectivity index (χ1v) is 6.01. The molecule has 0 aromatic carbocycles. The van der Waals surface area contributed by atoms with Crippen LogP contribution in [0.15, 0.2) is 6.20 Å². The van der Waals surface area contributed by atoms with Gasteiger partial charge in [0.25, 0.3) is 0 Å². The average molecular weight is 244 g/mol. The van der Waals surface area contributed by atoms with Crippen molar-refractivity contribution in [3.63, 3.8) is 0 Å². The minimum Gasteiger partial charge on any atom is -0.372 e. The molecule has 0 unspecified atom stereocenters. The topological polar surface area (TPSA) is 53.1 Å². The van der Waals surface area contributed by atoms with Gasteiger partial charge in [-0.3, -0.25) is 0 Å². The van der Waals surface area contributed by atoms with Crippen molar-refractivity contribution in [3.8, 4) is 0 Å². The molecule has 0 spiro atoms. The Morgan fingerprint density at radius 3 is 2.81 bits per heavy atom. The fourth-order valence-electron chi connectivity index (χ4n) is 2.13. The van der Waals surface area contributed by atoms with E-state index in [9.17, 15) is 0 Å². The van der Waals surface area contributed by atoms with Crippen LogP contribution in [-0.2, 0) is 18.4 Å². The third-order valence-corrected chi connectivity index (χ3v) is 3.60. The zero-order chi connectivity index (χ0) is 11.6. The van der Waals surface area contributed by atoms with Gasteiger partial charge in [0.05, 0.1) is 12.8 Å². The lowest BCUT2D eigenvalue weighted by molar-refractivity contribution is 0.0698. The highest BCUT2D eigenvalue weighted by Crippen LogP contribution is 2.27. The summed E-state index contributed by atoms with van der Waals surface area (Å²) in [5, 5.41) is 0.627. The van der Waals surface area contributed by atoms with Crippen LogP contribution in [0.2, 0.25) is 5.15 Å². The van der Waals surface area contributed by atoms with E-state index in [-0.39, 0.29) is 5.54 Å². The second-order valence-electron chi connectivity index (χ2n) is 4.62. The molecule has 2 rings (SSSR count). The van der Waals surface area contributed by atoms with Crippen LogP contribution in [0, 0.1) is 0 Å². The molecule has 1 aromatic rings. The van der Waals surface area contributed by atoms with Crippen LogP contribution >= 0.6 is 11.6 Å². The van der Waals surface area contributed by atoms with E-state index in [0.29, 0.717) is 18.4 Å². The zero-order valence-corrected chi connectivity index (χ0v) is 10.3. The molecule has 0 bridgehead atoms. The van der Waals surface area contributed by atoms with Gasteiger partial charge in [0.1, 0.15) is 17.6 Å². The number of nitrogens with zero attached hydrogens (tertiary/aromatic N) is 2. The highest BCUT2D eigenvalue weighted by molar-refractivity contribution is 6.29. The van der Waals surface area contributed by atoms with Crippen LogP contribution in [0.25, 0.3) is 0 Å². The summed E-state index contributed by atoms with van der Waals surface area (Å²) in [5.74, 6) is 0.839. The molecule has 1 heterocycles. The molecule has 16 heavy (non-hydrogen) atoms. The van der Waals surface area contributed by atoms with Crippen LogP contribution in [0.3, 0.4) is 0 Å². The normalized spacial score (nSPS) is 19.2. The fourth-order valence-corrected chi connectivity index (χ4v) is 2.27. The summed E-state index contributed by atoms with van der Waals surface area (Å²) in [4.78, 5) is 4.17. The van der Waals surface area contributed by atoms with Crippen LogP contribution in [-0.4, -0.2) is 21.7 Å². The standard InChI is InChI=1S/C11H18ClN3O/c1-15-9(12)6-14-10(15)7-16-8-11(13)4-2-3-5-11/h6H,2-5,7-8,13H2,1H3. The molecule has 0 aliphatic heterocycles. The molecule has 5 heteroatoms. The third-order valence-electron chi connectivity index (χ3n) is 3.25. The van der Waals surface area contributed by atoms with Crippen molar-refractivity contribution in [2.75, 3.05) is 6.61 Å². The van der Waals surface area contributed by atoms with Gasteiger partial charge in [0, 0.05) is 12.6 Å². The number of halogens is 1. The summed E-state index contributed by atoms with van der Waals surface area (Å²) >= 11 is 5.88. The maximum absolute atomic E-state index is 6.19. The molecular formula is C11H18ClN3O. The summed E-state index contributed by atoms with van der Waals surface area (Å²) in [6.45, 7) is 1.08. The van der Waals surface area contributed by atoms with Crippen molar-refractivity contribution in [1.82, 2.24) is 9.55 Å². The highest BCUT2D eigenvalue weighted by Gasteiger charge is 2.29. The maximum Gasteiger partial charge on any atom is 0.135 e. The summed E-state index contributed by atoms with van der Waals surface area (Å²) in [6, 6.07) is 0. The molecule has 0 saturated heterocycles. The van der Waals surface area contributed by atoms with Crippen molar-refractivity contribution in [2.24, 2.45) is 12.8 Å². The molecule has 1 aromatic heterocycles. The highest BCUT2D eigenvalue weighted by atomic mass is 35.5. The first kappa shape index (κ1) is 11.9. The van der Waals surface area contributed by atoms with Crippen molar-refractivity contribution < 1.29 is 4.74 Å². The Labute approximate surface area is 101 Å². The van der Waals surface area contributed by atoms with E-state index in [1.165, 1.54) is 12.8 Å². The fraction of sp³-hybridized carbons (Fsp3) is 0.727. The molecule has 2 N–H and O–H groups in total. The lowest BCUT2D eigenvalue weighted by Crippen LogP contribution is -2.41. The molecule has 0 radical (unpaired) electrons. The number of ether oxygens (including phenoxy) is 1. The van der Waals surface area contributed by atoms with Crippen LogP contribution in [0.1, 0.15) is 31.5 Å². The quantitative estimate of drug-likeness (QED) is 0.878. The van der Waals surface area contributed by atoms with Crippen molar-refractivity contribution in [3.05, 3.63) is 17.2 Å². The second-order valence-corrected chi connectivity index (χ2v) is 5.01. The molecule has 0 amide bonds. The number of nitrogens with two attached hydrogens (primary N) is 1. The molecule has 1 aliphatic rings. The number of imidazole rings is 1. The summed E-state index contributed by atoms with van der Waals surface area (Å²) in [7, 11) is 1.88. The van der Waals surface area contributed by atoms with E-state index in [1.807, 2.05) is 11.6 Å². The summed E-state index contributed by atoms with van der Waals surface area (Å²) in [6.07, 6.45) is 6.19. The smallest absolute Gasteiger partial charge is 0.135 e. The van der Waals surface area contributed by atoms with E-state index >= 15 is 0 Å². The number of hydrogen-bond acceptors (Lipinski definition) is 3. The SMILES string of the molecule is Cn1c(Cl)cnc1COCC1(N)CCCC1. The van der Waals surface area contributed by atoms with E-state index in [2.05, 4.69) is 4.98 Å². The maximum atomic E-state index is 6.19. The van der Waals surface area contributed by atoms with Crippen LogP contribution < -0.4 is 5.73 Å². The predicted octanol–water partition coefficient (Wildman–Crippen LogP) is 1.86. The Morgan fingerprint density at radius 2 is 2.25 bits per heavy atom. The zero-order valence-electron chi connectivity index (χ0n) is 9.58. The molecule has 1 saturated carbocycles. The lowest BCUT2D eigenvalue weighted by atomic mass is 10.0. The lowest BCUT2D eigenvalue weighted by Gasteiger charge is -2.22. The molecule has 1 fully saturated rings. The van der Waals surface area contributed by atoms with Crippen LogP contribution in [0.4, 0.5) is 0 Å². The van der Waals surface area contributed by atoms with E-state index < -0.39 is 0 Å². The van der Waals surface area contributed by atoms with E-state index in [0.717, 1.165) is 18.7 Å². The largest absolute Gasteiger partial charge is 0.372 e. The van der Waals surface area contributed by atoms with Crippen molar-refractivity contribution in [2.45, 2.75) is 37.8 Å². The minimum absolute atomic E-state index is 0.116. The van der Waals surface area contributed by atoms with Gasteiger partial charge in [-0.05, 0) is 12.8 Å². The van der Waals surface area contributed by atoms with Crippen LogP contribution in [0.5, 0.6) is 0 Å². The monoisotopic (exact) mass is 243 g/mol. The Bertz CT molecular complexity index is 358. The number of hydrogen-bond donors (Lipinski definition) is 1. The Balaban J connectivity index is 1.82. The number of rotatable bonds is 4. The predicted molar refractivity (Wildman–Crippen MR) is 63.3 cm³/mol. The third kappa shape index (κ3) is 2.56. The Hall–Kier alpha value is -0.580. The van der Waals surface area contributed by atoms with Gasteiger partial charge in [0.2, 0.25) is 0 Å². The van der Waals surface area contributed by atoms with Gasteiger partial charge in [-0.2, -0.15) is 0 Å². The molecule has 4 nitrogen and oxygen atoms in total. The van der Waals surface area contributed by atoms with Crippen molar-refractivity contribution in [1.29, 1.82) is 0 Å². The Morgan fingerprint density at radius 1 is 1.56 bits per heavy atom. The van der Waals surface area contributed by atoms with Gasteiger partial charge < -0.3 is 15.0 Å². The van der Waals surface area contributed by atoms with Gasteiger partial charge in [-0.1, -0.05) is 24.4 Å². The van der Waals surface area contributed by atoms with Gasteiger partial charge in [-0.15, -0.1) is 0 Å². The second kappa shape index (κ2) is 4.73. The molecule has 0 atom stereocenters. The van der Waals surface area contributed by atoms with Gasteiger partial charge in [-0.25, -0.2) is 4.98 Å². The first-order valence-electron chi connectivity index (χ1n) is 5.63. The summed E-state index contributed by atoms with van der Waals surface area (Å²) in [5.41, 5.74) is 6.07. The molecule has 1 aliphatic carbocycles. The summed E-state index contributed by atoms with van der Waals surface area (Å²) < 4.78 is 7.45. The van der Waals surface area contributed by atoms with Crippen molar-refractivity contribution >= 4 is 11.6 Å². The average Bonchev–Trinajstić information content (AvgIpc) is 2.80. The minimum atomic E-state index is -0.116.